The van der Waals surface area contributed by atoms with E-state index in [9.17, 15) is 18.0 Å². The third-order valence-electron chi connectivity index (χ3n) is 7.36. The van der Waals surface area contributed by atoms with Crippen LogP contribution in [0.25, 0.3) is 0 Å². The van der Waals surface area contributed by atoms with Gasteiger partial charge in [0.15, 0.2) is 0 Å². The van der Waals surface area contributed by atoms with Crippen LogP contribution in [-0.2, 0) is 26.2 Å². The van der Waals surface area contributed by atoms with Crippen LogP contribution < -0.4 is 9.62 Å². The maximum absolute atomic E-state index is 13.7. The summed E-state index contributed by atoms with van der Waals surface area (Å²) in [4.78, 5) is 28.8. The number of aryl methyl sites for hydroxylation is 2. The Labute approximate surface area is 239 Å². The van der Waals surface area contributed by atoms with Crippen molar-refractivity contribution in [2.24, 2.45) is 0 Å². The maximum Gasteiger partial charge on any atom is 0.243 e. The van der Waals surface area contributed by atoms with Crippen molar-refractivity contribution < 1.29 is 18.0 Å². The van der Waals surface area contributed by atoms with E-state index < -0.39 is 16.1 Å². The molecule has 1 saturated carbocycles. The SMILES string of the molecule is CC[C@@H](C(=O)NC1CCCCC1)N(Cc1cccc(C)c1)C(=O)CCCN(c1cc(Cl)ccc1C)S(C)(=O)=O. The van der Waals surface area contributed by atoms with Crippen molar-refractivity contribution >= 4 is 39.1 Å². The fraction of sp³-hybridized carbons (Fsp3) is 0.533. The smallest absolute Gasteiger partial charge is 0.243 e. The second-order valence-electron chi connectivity index (χ2n) is 10.6. The predicted octanol–water partition coefficient (Wildman–Crippen LogP) is 5.76. The minimum Gasteiger partial charge on any atom is -0.352 e. The molecule has 1 atom stereocenters. The molecule has 0 saturated heterocycles. The summed E-state index contributed by atoms with van der Waals surface area (Å²) in [6.07, 6.45) is 7.42. The lowest BCUT2D eigenvalue weighted by atomic mass is 9.95. The van der Waals surface area contributed by atoms with Gasteiger partial charge in [-0.3, -0.25) is 13.9 Å². The van der Waals surface area contributed by atoms with Gasteiger partial charge in [0.25, 0.3) is 0 Å². The first-order valence-electron chi connectivity index (χ1n) is 13.9. The molecule has 2 aromatic carbocycles. The Kier molecular flexibility index (Phi) is 11.2. The molecule has 0 bridgehead atoms. The van der Waals surface area contributed by atoms with Crippen molar-refractivity contribution in [1.29, 1.82) is 0 Å². The summed E-state index contributed by atoms with van der Waals surface area (Å²) in [5, 5.41) is 3.64. The maximum atomic E-state index is 13.7. The fourth-order valence-electron chi connectivity index (χ4n) is 5.30. The van der Waals surface area contributed by atoms with E-state index in [1.165, 1.54) is 10.7 Å². The molecule has 2 aromatic rings. The van der Waals surface area contributed by atoms with Gasteiger partial charge >= 0.3 is 0 Å². The quantitative estimate of drug-likeness (QED) is 0.349. The van der Waals surface area contributed by atoms with Crippen molar-refractivity contribution in [2.75, 3.05) is 17.1 Å². The third-order valence-corrected chi connectivity index (χ3v) is 8.78. The molecule has 2 amide bonds. The Morgan fingerprint density at radius 2 is 1.79 bits per heavy atom. The number of nitrogens with zero attached hydrogens (tertiary/aromatic N) is 2. The molecule has 1 N–H and O–H groups in total. The molecule has 9 heteroatoms. The van der Waals surface area contributed by atoms with Crippen LogP contribution in [0.2, 0.25) is 5.02 Å². The highest BCUT2D eigenvalue weighted by Crippen LogP contribution is 2.27. The van der Waals surface area contributed by atoms with Crippen LogP contribution in [0.1, 0.15) is 75.0 Å². The van der Waals surface area contributed by atoms with Gasteiger partial charge in [-0.15, -0.1) is 0 Å². The molecule has 7 nitrogen and oxygen atoms in total. The normalized spacial score (nSPS) is 15.0. The number of anilines is 1. The molecular formula is C30H42ClN3O4S. The molecule has 1 fully saturated rings. The summed E-state index contributed by atoms with van der Waals surface area (Å²) in [7, 11) is -3.59. The van der Waals surface area contributed by atoms with Gasteiger partial charge in [-0.2, -0.15) is 0 Å². The Morgan fingerprint density at radius 3 is 2.44 bits per heavy atom. The number of hydrogen-bond acceptors (Lipinski definition) is 4. The van der Waals surface area contributed by atoms with E-state index in [1.54, 1.807) is 23.1 Å². The molecule has 0 heterocycles. The van der Waals surface area contributed by atoms with Crippen molar-refractivity contribution in [3.05, 3.63) is 64.2 Å². The molecule has 0 aliphatic heterocycles. The molecule has 0 radical (unpaired) electrons. The first-order chi connectivity index (χ1) is 18.5. The van der Waals surface area contributed by atoms with Gasteiger partial charge in [-0.05, 0) is 62.8 Å². The number of amides is 2. The second-order valence-corrected chi connectivity index (χ2v) is 13.0. The van der Waals surface area contributed by atoms with Crippen LogP contribution in [0.15, 0.2) is 42.5 Å². The van der Waals surface area contributed by atoms with Gasteiger partial charge in [0, 0.05) is 30.6 Å². The molecule has 214 valence electrons. The van der Waals surface area contributed by atoms with Crippen molar-refractivity contribution in [2.45, 2.75) is 90.8 Å². The number of halogens is 1. The zero-order valence-corrected chi connectivity index (χ0v) is 25.2. The lowest BCUT2D eigenvalue weighted by Gasteiger charge is -2.33. The Hall–Kier alpha value is -2.58. The van der Waals surface area contributed by atoms with E-state index >= 15 is 0 Å². The molecule has 39 heavy (non-hydrogen) atoms. The van der Waals surface area contributed by atoms with Crippen LogP contribution in [0.5, 0.6) is 0 Å². The van der Waals surface area contributed by atoms with E-state index in [2.05, 4.69) is 5.32 Å². The second kappa shape index (κ2) is 14.2. The van der Waals surface area contributed by atoms with Crippen molar-refractivity contribution in [3.63, 3.8) is 0 Å². The highest BCUT2D eigenvalue weighted by molar-refractivity contribution is 7.92. The average molecular weight is 576 g/mol. The number of carbonyl (C=O) groups excluding carboxylic acids is 2. The predicted molar refractivity (Wildman–Crippen MR) is 158 cm³/mol. The first-order valence-corrected chi connectivity index (χ1v) is 16.1. The minimum atomic E-state index is -3.59. The third kappa shape index (κ3) is 8.97. The van der Waals surface area contributed by atoms with Crippen molar-refractivity contribution in [3.8, 4) is 0 Å². The van der Waals surface area contributed by atoms with Crippen molar-refractivity contribution in [1.82, 2.24) is 10.2 Å². The first kappa shape index (κ1) is 31.0. The Bertz CT molecular complexity index is 1240. The van der Waals surface area contributed by atoms with E-state index in [0.717, 1.165) is 48.6 Å². The fourth-order valence-corrected chi connectivity index (χ4v) is 6.49. The summed E-state index contributed by atoms with van der Waals surface area (Å²) >= 11 is 6.16. The van der Waals surface area contributed by atoms with Gasteiger partial charge in [-0.25, -0.2) is 8.42 Å². The molecule has 1 aliphatic carbocycles. The zero-order chi connectivity index (χ0) is 28.6. The summed E-state index contributed by atoms with van der Waals surface area (Å²) in [5.74, 6) is -0.281. The summed E-state index contributed by atoms with van der Waals surface area (Å²) < 4.78 is 26.6. The summed E-state index contributed by atoms with van der Waals surface area (Å²) in [5.41, 5.74) is 3.33. The molecule has 0 spiro atoms. The lowest BCUT2D eigenvalue weighted by molar-refractivity contribution is -0.141. The van der Waals surface area contributed by atoms with Gasteiger partial charge in [0.2, 0.25) is 21.8 Å². The summed E-state index contributed by atoms with van der Waals surface area (Å²) in [6.45, 7) is 6.21. The number of nitrogens with one attached hydrogen (secondary N) is 1. The van der Waals surface area contributed by atoms with E-state index in [0.29, 0.717) is 30.1 Å². The number of benzene rings is 2. The van der Waals surface area contributed by atoms with Crippen LogP contribution in [0, 0.1) is 13.8 Å². The van der Waals surface area contributed by atoms with Gasteiger partial charge < -0.3 is 10.2 Å². The van der Waals surface area contributed by atoms with E-state index in [4.69, 9.17) is 11.6 Å². The minimum absolute atomic E-state index is 0.113. The number of carbonyl (C=O) groups is 2. The molecule has 0 unspecified atom stereocenters. The van der Waals surface area contributed by atoms with Gasteiger partial charge in [0.1, 0.15) is 6.04 Å². The number of hydrogen-bond donors (Lipinski definition) is 1. The van der Waals surface area contributed by atoms with Crippen LogP contribution in [-0.4, -0.2) is 50.0 Å². The standard InChI is InChI=1S/C30H42ClN3O4S/c1-5-27(30(36)32-26-13-7-6-8-14-26)33(21-24-12-9-11-22(2)19-24)29(35)15-10-18-34(39(4,37)38)28-20-25(31)17-16-23(28)3/h9,11-12,16-17,19-20,26-27H,5-8,10,13-15,18,21H2,1-4H3,(H,32,36)/t27-/m0/s1. The number of sulfonamides is 1. The van der Waals surface area contributed by atoms with Gasteiger partial charge in [0.05, 0.1) is 11.9 Å². The topological polar surface area (TPSA) is 86.8 Å². The number of rotatable bonds is 12. The molecule has 3 rings (SSSR count). The van der Waals surface area contributed by atoms with Crippen LogP contribution in [0.3, 0.4) is 0 Å². The lowest BCUT2D eigenvalue weighted by Crippen LogP contribution is -2.51. The monoisotopic (exact) mass is 575 g/mol. The molecule has 1 aliphatic rings. The summed E-state index contributed by atoms with van der Waals surface area (Å²) in [6, 6.07) is 12.6. The van der Waals surface area contributed by atoms with E-state index in [1.807, 2.05) is 45.0 Å². The highest BCUT2D eigenvalue weighted by atomic mass is 35.5. The van der Waals surface area contributed by atoms with Crippen LogP contribution in [0.4, 0.5) is 5.69 Å². The zero-order valence-electron chi connectivity index (χ0n) is 23.6. The van der Waals surface area contributed by atoms with E-state index in [-0.39, 0.29) is 30.8 Å². The van der Waals surface area contributed by atoms with Gasteiger partial charge in [-0.1, -0.05) is 73.7 Å². The molecule has 0 aromatic heterocycles. The average Bonchev–Trinajstić information content (AvgIpc) is 2.88. The van der Waals surface area contributed by atoms with Crippen LogP contribution >= 0.6 is 11.6 Å². The highest BCUT2D eigenvalue weighted by Gasteiger charge is 2.30. The Balaban J connectivity index is 1.78. The molecular weight excluding hydrogens is 534 g/mol. The largest absolute Gasteiger partial charge is 0.352 e. The Morgan fingerprint density at radius 1 is 1.08 bits per heavy atom.